The van der Waals surface area contributed by atoms with Crippen molar-refractivity contribution in [2.75, 3.05) is 27.3 Å². The summed E-state index contributed by atoms with van der Waals surface area (Å²) in [5.41, 5.74) is 2.47. The molecule has 0 aromatic heterocycles. The van der Waals surface area contributed by atoms with Gasteiger partial charge in [0.2, 0.25) is 0 Å². The van der Waals surface area contributed by atoms with Crippen molar-refractivity contribution in [3.8, 4) is 11.5 Å². The largest absolute Gasteiger partial charge is 0.497 e. The topological polar surface area (TPSA) is 21.7 Å². The minimum Gasteiger partial charge on any atom is -0.497 e. The fraction of sp³-hybridized carbons (Fsp3) is 0.467. The molecule has 2 rings (SSSR count). The molecule has 0 spiro atoms. The summed E-state index contributed by atoms with van der Waals surface area (Å²) < 4.78 is 10.8. The molecule has 0 unspecified atom stereocenters. The first kappa shape index (κ1) is 12.8. The lowest BCUT2D eigenvalue weighted by atomic mass is 10.0. The quantitative estimate of drug-likeness (QED) is 0.816. The Balaban J connectivity index is 2.34. The molecule has 0 fully saturated rings. The summed E-state index contributed by atoms with van der Waals surface area (Å²) >= 11 is 0. The van der Waals surface area contributed by atoms with Crippen LogP contribution in [0.5, 0.6) is 11.5 Å². The zero-order valence-corrected chi connectivity index (χ0v) is 11.4. The summed E-state index contributed by atoms with van der Waals surface area (Å²) in [5, 5.41) is 0. The van der Waals surface area contributed by atoms with Crippen molar-refractivity contribution in [3.05, 3.63) is 29.5 Å². The van der Waals surface area contributed by atoms with E-state index in [4.69, 9.17) is 9.47 Å². The second-order valence-corrected chi connectivity index (χ2v) is 4.50. The highest BCUT2D eigenvalue weighted by molar-refractivity contribution is 5.64. The summed E-state index contributed by atoms with van der Waals surface area (Å²) in [5.74, 6) is 1.75. The molecular weight excluding hydrogens is 226 g/mol. The predicted molar refractivity (Wildman–Crippen MR) is 74.1 cm³/mol. The second kappa shape index (κ2) is 5.80. The van der Waals surface area contributed by atoms with Crippen LogP contribution < -0.4 is 9.47 Å². The number of nitrogens with zero attached hydrogens (tertiary/aromatic N) is 1. The highest BCUT2D eigenvalue weighted by atomic mass is 16.5. The van der Waals surface area contributed by atoms with Gasteiger partial charge in [0.15, 0.2) is 0 Å². The van der Waals surface area contributed by atoms with Crippen LogP contribution in [-0.4, -0.2) is 32.2 Å². The van der Waals surface area contributed by atoms with Gasteiger partial charge >= 0.3 is 0 Å². The summed E-state index contributed by atoms with van der Waals surface area (Å²) in [6.07, 6.45) is 6.51. The molecule has 0 radical (unpaired) electrons. The lowest BCUT2D eigenvalue weighted by molar-refractivity contribution is 0.381. The van der Waals surface area contributed by atoms with Crippen LogP contribution in [0.1, 0.15) is 24.5 Å². The molecule has 98 valence electrons. The van der Waals surface area contributed by atoms with Crippen LogP contribution in [0.3, 0.4) is 0 Å². The third-order valence-corrected chi connectivity index (χ3v) is 3.29. The van der Waals surface area contributed by atoms with Gasteiger partial charge in [-0.3, -0.25) is 0 Å². The van der Waals surface area contributed by atoms with Crippen LogP contribution in [0.2, 0.25) is 0 Å². The molecule has 0 amide bonds. The highest BCUT2D eigenvalue weighted by Gasteiger charge is 2.14. The van der Waals surface area contributed by atoms with Gasteiger partial charge in [0.25, 0.3) is 0 Å². The van der Waals surface area contributed by atoms with Gasteiger partial charge in [0, 0.05) is 24.7 Å². The third kappa shape index (κ3) is 2.61. The molecule has 1 heterocycles. The number of methoxy groups -OCH3 is 2. The summed E-state index contributed by atoms with van der Waals surface area (Å²) in [7, 11) is 3.40. The predicted octanol–water partition coefficient (Wildman–Crippen LogP) is 2.94. The fourth-order valence-corrected chi connectivity index (χ4v) is 2.33. The average Bonchev–Trinajstić information content (AvgIpc) is 2.61. The molecular formula is C15H21NO2. The maximum atomic E-state index is 5.46. The van der Waals surface area contributed by atoms with Gasteiger partial charge in [0.1, 0.15) is 11.5 Å². The van der Waals surface area contributed by atoms with Crippen LogP contribution in [0, 0.1) is 0 Å². The SMILES string of the molecule is CCCN1C=Cc2c(cc(OC)cc2OC)CC1. The summed E-state index contributed by atoms with van der Waals surface area (Å²) in [6, 6.07) is 4.05. The number of benzene rings is 1. The molecule has 0 saturated carbocycles. The van der Waals surface area contributed by atoms with Crippen molar-refractivity contribution in [2.45, 2.75) is 19.8 Å². The van der Waals surface area contributed by atoms with E-state index >= 15 is 0 Å². The molecule has 1 aromatic rings. The zero-order chi connectivity index (χ0) is 13.0. The second-order valence-electron chi connectivity index (χ2n) is 4.50. The minimum atomic E-state index is 0.864. The fourth-order valence-electron chi connectivity index (χ4n) is 2.33. The van der Waals surface area contributed by atoms with Gasteiger partial charge in [-0.2, -0.15) is 0 Å². The first-order chi connectivity index (χ1) is 8.78. The van der Waals surface area contributed by atoms with Gasteiger partial charge in [-0.25, -0.2) is 0 Å². The van der Waals surface area contributed by atoms with Gasteiger partial charge < -0.3 is 14.4 Å². The summed E-state index contributed by atoms with van der Waals surface area (Å²) in [4.78, 5) is 2.35. The third-order valence-electron chi connectivity index (χ3n) is 3.29. The van der Waals surface area contributed by atoms with Crippen molar-refractivity contribution in [2.24, 2.45) is 0 Å². The van der Waals surface area contributed by atoms with Crippen LogP contribution in [0.25, 0.3) is 6.08 Å². The maximum Gasteiger partial charge on any atom is 0.130 e. The molecule has 3 nitrogen and oxygen atoms in total. The van der Waals surface area contributed by atoms with Crippen LogP contribution >= 0.6 is 0 Å². The van der Waals surface area contributed by atoms with Gasteiger partial charge in [-0.15, -0.1) is 0 Å². The van der Waals surface area contributed by atoms with E-state index in [1.165, 1.54) is 17.5 Å². The smallest absolute Gasteiger partial charge is 0.130 e. The Morgan fingerprint density at radius 2 is 2.06 bits per heavy atom. The Bertz CT molecular complexity index is 440. The van der Waals surface area contributed by atoms with E-state index in [2.05, 4.69) is 30.2 Å². The molecule has 0 saturated heterocycles. The molecule has 0 aliphatic carbocycles. The van der Waals surface area contributed by atoms with E-state index in [0.717, 1.165) is 31.0 Å². The van der Waals surface area contributed by atoms with Crippen molar-refractivity contribution >= 4 is 6.08 Å². The molecule has 0 N–H and O–H groups in total. The molecule has 18 heavy (non-hydrogen) atoms. The number of rotatable bonds is 4. The molecule has 0 bridgehead atoms. The number of fused-ring (bicyclic) bond motifs is 1. The Hall–Kier alpha value is -1.64. The van der Waals surface area contributed by atoms with Gasteiger partial charge in [-0.05, 0) is 36.7 Å². The lowest BCUT2D eigenvalue weighted by Crippen LogP contribution is -2.19. The molecule has 3 heteroatoms. The Morgan fingerprint density at radius 3 is 2.72 bits per heavy atom. The van der Waals surface area contributed by atoms with Crippen molar-refractivity contribution in [1.29, 1.82) is 0 Å². The molecule has 1 aliphatic rings. The summed E-state index contributed by atoms with van der Waals surface area (Å²) in [6.45, 7) is 4.35. The standard InChI is InChI=1S/C15H21NO2/c1-4-7-16-8-5-12-10-13(17-2)11-15(18-3)14(12)6-9-16/h6,9-11H,4-5,7-8H2,1-3H3. The van der Waals surface area contributed by atoms with E-state index in [0.29, 0.717) is 0 Å². The van der Waals surface area contributed by atoms with E-state index < -0.39 is 0 Å². The normalized spacial score (nSPS) is 14.1. The maximum absolute atomic E-state index is 5.46. The Kier molecular flexibility index (Phi) is 4.13. The highest BCUT2D eigenvalue weighted by Crippen LogP contribution is 2.31. The number of ether oxygens (including phenoxy) is 2. The Morgan fingerprint density at radius 1 is 1.22 bits per heavy atom. The van der Waals surface area contributed by atoms with Crippen molar-refractivity contribution in [1.82, 2.24) is 4.90 Å². The number of hydrogen-bond acceptors (Lipinski definition) is 3. The average molecular weight is 247 g/mol. The minimum absolute atomic E-state index is 0.864. The van der Waals surface area contributed by atoms with Crippen LogP contribution in [-0.2, 0) is 6.42 Å². The van der Waals surface area contributed by atoms with E-state index in [9.17, 15) is 0 Å². The Labute approximate surface area is 109 Å². The first-order valence-electron chi connectivity index (χ1n) is 6.45. The van der Waals surface area contributed by atoms with E-state index in [1.54, 1.807) is 14.2 Å². The molecule has 1 aromatic carbocycles. The molecule has 1 aliphatic heterocycles. The zero-order valence-electron chi connectivity index (χ0n) is 11.4. The van der Waals surface area contributed by atoms with Crippen LogP contribution in [0.15, 0.2) is 18.3 Å². The van der Waals surface area contributed by atoms with Gasteiger partial charge in [-0.1, -0.05) is 6.92 Å². The monoisotopic (exact) mass is 247 g/mol. The van der Waals surface area contributed by atoms with Crippen LogP contribution in [0.4, 0.5) is 0 Å². The first-order valence-corrected chi connectivity index (χ1v) is 6.45. The number of hydrogen-bond donors (Lipinski definition) is 0. The van der Waals surface area contributed by atoms with E-state index in [1.807, 2.05) is 6.07 Å². The lowest BCUT2D eigenvalue weighted by Gasteiger charge is -2.17. The van der Waals surface area contributed by atoms with E-state index in [-0.39, 0.29) is 0 Å². The van der Waals surface area contributed by atoms with Crippen molar-refractivity contribution < 1.29 is 9.47 Å². The van der Waals surface area contributed by atoms with Crippen molar-refractivity contribution in [3.63, 3.8) is 0 Å². The van der Waals surface area contributed by atoms with Gasteiger partial charge in [0.05, 0.1) is 14.2 Å². The molecule has 0 atom stereocenters.